The van der Waals surface area contributed by atoms with Crippen LogP contribution in [0.15, 0.2) is 46.0 Å². The maximum Gasteiger partial charge on any atom is 0.332 e. The number of rotatable bonds is 10. The average molecular weight is 530 g/mol. The molecule has 1 saturated heterocycles. The lowest BCUT2D eigenvalue weighted by atomic mass is 10.1. The quantitative estimate of drug-likeness (QED) is 0.429. The molecule has 11 heteroatoms. The Hall–Kier alpha value is -3.63. The van der Waals surface area contributed by atoms with Gasteiger partial charge in [-0.2, -0.15) is 0 Å². The summed E-state index contributed by atoms with van der Waals surface area (Å²) in [4.78, 5) is 52.1. The molecule has 0 saturated carbocycles. The van der Waals surface area contributed by atoms with Crippen LogP contribution in [-0.2, 0) is 27.4 Å². The third kappa shape index (κ3) is 5.86. The van der Waals surface area contributed by atoms with Gasteiger partial charge in [0.05, 0.1) is 48.5 Å². The number of halogens is 1. The van der Waals surface area contributed by atoms with Gasteiger partial charge in [-0.25, -0.2) is 4.79 Å². The van der Waals surface area contributed by atoms with Crippen molar-refractivity contribution in [3.63, 3.8) is 0 Å². The second kappa shape index (κ2) is 11.6. The maximum absolute atomic E-state index is 13.4. The number of anilines is 1. The van der Waals surface area contributed by atoms with Gasteiger partial charge in [-0.1, -0.05) is 23.7 Å². The number of amides is 1. The summed E-state index contributed by atoms with van der Waals surface area (Å²) in [5.41, 5.74) is -0.751. The number of fused-ring (bicyclic) bond motifs is 1. The van der Waals surface area contributed by atoms with Crippen molar-refractivity contribution in [3.05, 3.63) is 62.3 Å². The lowest BCUT2D eigenvalue weighted by Gasteiger charge is -2.16. The summed E-state index contributed by atoms with van der Waals surface area (Å²) in [5.74, 6) is -0.121. The second-order valence-electron chi connectivity index (χ2n) is 8.72. The molecule has 1 atom stereocenters. The van der Waals surface area contributed by atoms with E-state index in [9.17, 15) is 19.2 Å². The molecule has 0 radical (unpaired) electrons. The van der Waals surface area contributed by atoms with Gasteiger partial charge in [0.25, 0.3) is 5.56 Å². The van der Waals surface area contributed by atoms with Crippen molar-refractivity contribution in [2.45, 2.75) is 44.9 Å². The van der Waals surface area contributed by atoms with Gasteiger partial charge >= 0.3 is 5.69 Å². The highest BCUT2D eigenvalue weighted by atomic mass is 35.5. The van der Waals surface area contributed by atoms with Crippen molar-refractivity contribution in [2.75, 3.05) is 26.1 Å². The number of para-hydroxylation sites is 1. The van der Waals surface area contributed by atoms with E-state index in [0.717, 1.165) is 17.4 Å². The molecule has 1 fully saturated rings. The first-order valence-corrected chi connectivity index (χ1v) is 12.3. The molecule has 10 nitrogen and oxygen atoms in total. The zero-order valence-corrected chi connectivity index (χ0v) is 21.4. The van der Waals surface area contributed by atoms with E-state index in [-0.39, 0.29) is 46.5 Å². The van der Waals surface area contributed by atoms with Crippen molar-refractivity contribution >= 4 is 39.9 Å². The monoisotopic (exact) mass is 529 g/mol. The number of ketones is 1. The lowest BCUT2D eigenvalue weighted by molar-refractivity contribution is -0.120. The third-order valence-electron chi connectivity index (χ3n) is 6.29. The minimum Gasteiger partial charge on any atom is -0.495 e. The van der Waals surface area contributed by atoms with Crippen LogP contribution in [0.2, 0.25) is 5.02 Å². The van der Waals surface area contributed by atoms with Crippen LogP contribution in [0.1, 0.15) is 25.7 Å². The van der Waals surface area contributed by atoms with Crippen LogP contribution in [-0.4, -0.2) is 47.8 Å². The summed E-state index contributed by atoms with van der Waals surface area (Å²) in [6.45, 7) is -0.0976. The van der Waals surface area contributed by atoms with Crippen molar-refractivity contribution in [1.29, 1.82) is 0 Å². The van der Waals surface area contributed by atoms with E-state index in [4.69, 9.17) is 25.8 Å². The van der Waals surface area contributed by atoms with E-state index in [1.807, 2.05) is 0 Å². The molecule has 0 spiro atoms. The van der Waals surface area contributed by atoms with E-state index < -0.39 is 23.7 Å². The van der Waals surface area contributed by atoms with Gasteiger partial charge in [-0.3, -0.25) is 23.5 Å². The summed E-state index contributed by atoms with van der Waals surface area (Å²) in [7, 11) is 2.89. The van der Waals surface area contributed by atoms with Gasteiger partial charge in [-0.15, -0.1) is 0 Å². The van der Waals surface area contributed by atoms with Gasteiger partial charge in [0.15, 0.2) is 5.78 Å². The largest absolute Gasteiger partial charge is 0.495 e. The smallest absolute Gasteiger partial charge is 0.332 e. The minimum atomic E-state index is -0.746. The SMILES string of the molecule is COc1cc(OC)c(NC(=O)Cn2c(=O)n(CC(=O)CCC3CCCO3)c(=O)c3ccccc32)cc1Cl. The summed E-state index contributed by atoms with van der Waals surface area (Å²) in [5, 5.41) is 3.18. The van der Waals surface area contributed by atoms with Gasteiger partial charge < -0.3 is 19.5 Å². The molecule has 1 aliphatic rings. The standard InChI is InChI=1S/C26H28ClN3O7/c1-35-22-13-23(36-2)20(12-19(22)27)28-24(32)15-29-21-8-4-3-7-18(21)25(33)30(26(29)34)14-16(31)9-10-17-6-5-11-37-17/h3-4,7-8,12-13,17H,5-6,9-11,14-15H2,1-2H3,(H,28,32). The normalized spacial score (nSPS) is 15.1. The minimum absolute atomic E-state index is 0.0288. The van der Waals surface area contributed by atoms with Gasteiger partial charge in [0, 0.05) is 19.1 Å². The number of aromatic nitrogens is 2. The number of ether oxygens (including phenoxy) is 3. The number of nitrogens with zero attached hydrogens (tertiary/aromatic N) is 2. The second-order valence-corrected chi connectivity index (χ2v) is 9.13. The summed E-state index contributed by atoms with van der Waals surface area (Å²) < 4.78 is 18.1. The molecule has 1 amide bonds. The van der Waals surface area contributed by atoms with E-state index in [1.54, 1.807) is 24.3 Å². The number of hydrogen-bond acceptors (Lipinski definition) is 7. The molecule has 196 valence electrons. The van der Waals surface area contributed by atoms with Crippen molar-refractivity contribution in [1.82, 2.24) is 9.13 Å². The lowest BCUT2D eigenvalue weighted by Crippen LogP contribution is -2.43. The van der Waals surface area contributed by atoms with Crippen molar-refractivity contribution in [2.24, 2.45) is 0 Å². The number of nitrogens with one attached hydrogen (secondary N) is 1. The first kappa shape index (κ1) is 26.4. The van der Waals surface area contributed by atoms with Gasteiger partial charge in [0.2, 0.25) is 5.91 Å². The Morgan fingerprint density at radius 1 is 1.08 bits per heavy atom. The first-order valence-electron chi connectivity index (χ1n) is 11.9. The zero-order valence-electron chi connectivity index (χ0n) is 20.6. The Balaban J connectivity index is 1.61. The van der Waals surface area contributed by atoms with Crippen LogP contribution in [0.3, 0.4) is 0 Å². The number of hydrogen-bond donors (Lipinski definition) is 1. The fraction of sp³-hybridized carbons (Fsp3) is 0.385. The van der Waals surface area contributed by atoms with Crippen molar-refractivity contribution < 1.29 is 23.8 Å². The molecule has 1 N–H and O–H groups in total. The molecule has 0 aliphatic carbocycles. The molecule has 1 aliphatic heterocycles. The fourth-order valence-corrected chi connectivity index (χ4v) is 4.64. The average Bonchev–Trinajstić information content (AvgIpc) is 3.42. The summed E-state index contributed by atoms with van der Waals surface area (Å²) in [6, 6.07) is 9.48. The molecule has 1 aromatic heterocycles. The first-order chi connectivity index (χ1) is 17.8. The zero-order chi connectivity index (χ0) is 26.5. The summed E-state index contributed by atoms with van der Waals surface area (Å²) in [6.07, 6.45) is 2.63. The molecule has 0 bridgehead atoms. The van der Waals surface area contributed by atoms with Crippen molar-refractivity contribution in [3.8, 4) is 11.5 Å². The molecule has 2 aromatic carbocycles. The highest BCUT2D eigenvalue weighted by Crippen LogP contribution is 2.35. The third-order valence-corrected chi connectivity index (χ3v) is 6.58. The Labute approximate surface area is 217 Å². The molecule has 37 heavy (non-hydrogen) atoms. The molecule has 1 unspecified atom stereocenters. The Kier molecular flexibility index (Phi) is 8.30. The van der Waals surface area contributed by atoms with Crippen LogP contribution < -0.4 is 26.0 Å². The van der Waals surface area contributed by atoms with Crippen LogP contribution >= 0.6 is 11.6 Å². The topological polar surface area (TPSA) is 118 Å². The predicted molar refractivity (Wildman–Crippen MR) is 139 cm³/mol. The van der Waals surface area contributed by atoms with Gasteiger partial charge in [0.1, 0.15) is 18.0 Å². The predicted octanol–water partition coefficient (Wildman–Crippen LogP) is 3.00. The molecular formula is C26H28ClN3O7. The number of benzene rings is 2. The van der Waals surface area contributed by atoms with Gasteiger partial charge in [-0.05, 0) is 37.5 Å². The molecular weight excluding hydrogens is 502 g/mol. The summed E-state index contributed by atoms with van der Waals surface area (Å²) >= 11 is 6.19. The molecule has 4 rings (SSSR count). The molecule has 3 aromatic rings. The van der Waals surface area contributed by atoms with E-state index in [2.05, 4.69) is 5.32 Å². The Morgan fingerprint density at radius 3 is 2.54 bits per heavy atom. The van der Waals surface area contributed by atoms with Crippen LogP contribution in [0.25, 0.3) is 10.9 Å². The van der Waals surface area contributed by atoms with E-state index in [1.165, 1.54) is 30.9 Å². The van der Waals surface area contributed by atoms with E-state index in [0.29, 0.717) is 24.5 Å². The van der Waals surface area contributed by atoms with Crippen LogP contribution in [0, 0.1) is 0 Å². The highest BCUT2D eigenvalue weighted by Gasteiger charge is 2.20. The Morgan fingerprint density at radius 2 is 1.84 bits per heavy atom. The van der Waals surface area contributed by atoms with Crippen LogP contribution in [0.5, 0.6) is 11.5 Å². The Bertz CT molecular complexity index is 1440. The number of carbonyl (C=O) groups is 2. The molecule has 2 heterocycles. The number of Topliss-reactive ketones (excluding diaryl/α,β-unsaturated/α-hetero) is 1. The van der Waals surface area contributed by atoms with Crippen LogP contribution in [0.4, 0.5) is 5.69 Å². The maximum atomic E-state index is 13.4. The number of methoxy groups -OCH3 is 2. The number of carbonyl (C=O) groups excluding carboxylic acids is 2. The van der Waals surface area contributed by atoms with E-state index >= 15 is 0 Å². The highest BCUT2D eigenvalue weighted by molar-refractivity contribution is 6.32. The fourth-order valence-electron chi connectivity index (χ4n) is 4.40.